The highest BCUT2D eigenvalue weighted by Crippen LogP contribution is 2.35. The fourth-order valence-electron chi connectivity index (χ4n) is 2.83. The Labute approximate surface area is 107 Å². The van der Waals surface area contributed by atoms with Crippen molar-refractivity contribution in [1.82, 2.24) is 0 Å². The van der Waals surface area contributed by atoms with Gasteiger partial charge >= 0.3 is 5.97 Å². The lowest BCUT2D eigenvalue weighted by molar-refractivity contribution is -0.142. The molecule has 1 aromatic carbocycles. The zero-order valence-electron chi connectivity index (χ0n) is 10.5. The van der Waals surface area contributed by atoms with Crippen LogP contribution < -0.4 is 5.73 Å². The number of benzene rings is 1. The van der Waals surface area contributed by atoms with Crippen molar-refractivity contribution in [3.8, 4) is 0 Å². The van der Waals surface area contributed by atoms with Crippen LogP contribution in [0.4, 0.5) is 0 Å². The average Bonchev–Trinajstić information content (AvgIpc) is 2.39. The first-order valence-corrected chi connectivity index (χ1v) is 6.24. The molecule has 0 spiro atoms. The summed E-state index contributed by atoms with van der Waals surface area (Å²) in [4.78, 5) is 11.0. The zero-order valence-corrected chi connectivity index (χ0v) is 10.5. The topological polar surface area (TPSA) is 72.5 Å². The van der Waals surface area contributed by atoms with E-state index in [0.717, 1.165) is 19.3 Å². The van der Waals surface area contributed by atoms with Crippen molar-refractivity contribution in [2.75, 3.05) is 7.11 Å². The van der Waals surface area contributed by atoms with Crippen LogP contribution in [0.15, 0.2) is 24.3 Å². The lowest BCUT2D eigenvalue weighted by atomic mass is 9.78. The minimum absolute atomic E-state index is 0.0750. The molecule has 1 aromatic rings. The van der Waals surface area contributed by atoms with Gasteiger partial charge in [-0.25, -0.2) is 0 Å². The summed E-state index contributed by atoms with van der Waals surface area (Å²) >= 11 is 0. The van der Waals surface area contributed by atoms with E-state index in [4.69, 9.17) is 15.6 Å². The number of ether oxygens (including phenoxy) is 1. The normalized spacial score (nSPS) is 22.0. The van der Waals surface area contributed by atoms with E-state index < -0.39 is 18.1 Å². The Kier molecular flexibility index (Phi) is 3.99. The standard InChI is InChI=1S/C14H19NO3/c1-18-13(12(15)14(16)17)11-8-4-6-9-5-2-3-7-10(9)11/h2-3,5,7,11-13H,4,6,8,15H2,1H3,(H,16,17). The summed E-state index contributed by atoms with van der Waals surface area (Å²) in [6.07, 6.45) is 2.56. The molecule has 0 saturated heterocycles. The lowest BCUT2D eigenvalue weighted by Crippen LogP contribution is -2.46. The Balaban J connectivity index is 2.30. The van der Waals surface area contributed by atoms with Crippen molar-refractivity contribution in [3.05, 3.63) is 35.4 Å². The van der Waals surface area contributed by atoms with Gasteiger partial charge in [-0.2, -0.15) is 0 Å². The van der Waals surface area contributed by atoms with Gasteiger partial charge in [-0.1, -0.05) is 24.3 Å². The molecule has 3 atom stereocenters. The molecule has 2 rings (SSSR count). The average molecular weight is 249 g/mol. The van der Waals surface area contributed by atoms with Crippen molar-refractivity contribution in [2.45, 2.75) is 37.3 Å². The molecule has 0 saturated carbocycles. The van der Waals surface area contributed by atoms with Gasteiger partial charge in [0.05, 0.1) is 6.10 Å². The fourth-order valence-corrected chi connectivity index (χ4v) is 2.83. The Bertz CT molecular complexity index is 433. The smallest absolute Gasteiger partial charge is 0.323 e. The highest BCUT2D eigenvalue weighted by molar-refractivity contribution is 5.74. The number of carboxylic acid groups (broad SMARTS) is 1. The lowest BCUT2D eigenvalue weighted by Gasteiger charge is -2.33. The maximum atomic E-state index is 11.0. The van der Waals surface area contributed by atoms with E-state index in [-0.39, 0.29) is 5.92 Å². The summed E-state index contributed by atoms with van der Waals surface area (Å²) < 4.78 is 5.36. The molecule has 1 aliphatic rings. The summed E-state index contributed by atoms with van der Waals surface area (Å²) in [6.45, 7) is 0. The van der Waals surface area contributed by atoms with E-state index in [1.807, 2.05) is 12.1 Å². The maximum absolute atomic E-state index is 11.0. The molecule has 4 heteroatoms. The minimum Gasteiger partial charge on any atom is -0.480 e. The minimum atomic E-state index is -1.01. The Morgan fingerprint density at radius 3 is 2.89 bits per heavy atom. The Hall–Kier alpha value is -1.39. The van der Waals surface area contributed by atoms with Crippen LogP contribution in [0.3, 0.4) is 0 Å². The van der Waals surface area contributed by atoms with Gasteiger partial charge in [-0.05, 0) is 30.4 Å². The monoisotopic (exact) mass is 249 g/mol. The largest absolute Gasteiger partial charge is 0.480 e. The third-order valence-corrected chi connectivity index (χ3v) is 3.72. The Morgan fingerprint density at radius 1 is 1.50 bits per heavy atom. The number of aliphatic carboxylic acids is 1. The summed E-state index contributed by atoms with van der Waals surface area (Å²) in [7, 11) is 1.53. The molecular formula is C14H19NO3. The predicted octanol–water partition coefficient (Wildman–Crippen LogP) is 1.53. The van der Waals surface area contributed by atoms with Gasteiger partial charge in [0.25, 0.3) is 0 Å². The molecule has 4 nitrogen and oxygen atoms in total. The summed E-state index contributed by atoms with van der Waals surface area (Å²) in [5.74, 6) is -0.934. The molecule has 0 radical (unpaired) electrons. The van der Waals surface area contributed by atoms with Crippen LogP contribution in [0.2, 0.25) is 0 Å². The van der Waals surface area contributed by atoms with E-state index in [0.29, 0.717) is 0 Å². The molecule has 18 heavy (non-hydrogen) atoms. The zero-order chi connectivity index (χ0) is 13.1. The molecule has 3 N–H and O–H groups in total. The van der Waals surface area contributed by atoms with Crippen molar-refractivity contribution in [2.24, 2.45) is 5.73 Å². The number of aryl methyl sites for hydroxylation is 1. The molecule has 0 heterocycles. The van der Waals surface area contributed by atoms with Gasteiger partial charge < -0.3 is 15.6 Å². The number of fused-ring (bicyclic) bond motifs is 1. The molecule has 0 bridgehead atoms. The summed E-state index contributed by atoms with van der Waals surface area (Å²) in [5, 5.41) is 9.06. The second kappa shape index (κ2) is 5.50. The van der Waals surface area contributed by atoms with Crippen molar-refractivity contribution < 1.29 is 14.6 Å². The van der Waals surface area contributed by atoms with Crippen molar-refractivity contribution in [1.29, 1.82) is 0 Å². The van der Waals surface area contributed by atoms with Crippen LogP contribution in [0.1, 0.15) is 29.9 Å². The number of methoxy groups -OCH3 is 1. The van der Waals surface area contributed by atoms with E-state index in [9.17, 15) is 4.79 Å². The third kappa shape index (κ3) is 2.40. The SMILES string of the molecule is COC(C(N)C(=O)O)C1CCCc2ccccc21. The quantitative estimate of drug-likeness (QED) is 0.849. The van der Waals surface area contributed by atoms with E-state index in [1.54, 1.807) is 0 Å². The van der Waals surface area contributed by atoms with Gasteiger partial charge in [0.2, 0.25) is 0 Å². The second-order valence-electron chi connectivity index (χ2n) is 4.76. The van der Waals surface area contributed by atoms with Gasteiger partial charge in [-0.3, -0.25) is 4.79 Å². The Morgan fingerprint density at radius 2 is 2.22 bits per heavy atom. The van der Waals surface area contributed by atoms with Crippen LogP contribution in [0.25, 0.3) is 0 Å². The van der Waals surface area contributed by atoms with E-state index >= 15 is 0 Å². The number of carboxylic acids is 1. The van der Waals surface area contributed by atoms with Gasteiger partial charge in [0, 0.05) is 13.0 Å². The van der Waals surface area contributed by atoms with Crippen LogP contribution >= 0.6 is 0 Å². The van der Waals surface area contributed by atoms with Gasteiger partial charge in [-0.15, -0.1) is 0 Å². The third-order valence-electron chi connectivity index (χ3n) is 3.72. The molecule has 0 aromatic heterocycles. The van der Waals surface area contributed by atoms with E-state index in [2.05, 4.69) is 12.1 Å². The highest BCUT2D eigenvalue weighted by atomic mass is 16.5. The first kappa shape index (κ1) is 13.1. The number of rotatable bonds is 4. The van der Waals surface area contributed by atoms with Crippen LogP contribution in [0.5, 0.6) is 0 Å². The van der Waals surface area contributed by atoms with Crippen LogP contribution in [-0.2, 0) is 16.0 Å². The van der Waals surface area contributed by atoms with Crippen LogP contribution in [0, 0.1) is 0 Å². The summed E-state index contributed by atoms with van der Waals surface area (Å²) in [6, 6.07) is 7.17. The first-order chi connectivity index (χ1) is 8.65. The van der Waals surface area contributed by atoms with E-state index in [1.165, 1.54) is 18.2 Å². The molecule has 0 aliphatic heterocycles. The first-order valence-electron chi connectivity index (χ1n) is 6.24. The molecule has 3 unspecified atom stereocenters. The molecule has 1 aliphatic carbocycles. The number of hydrogen-bond acceptors (Lipinski definition) is 3. The number of hydrogen-bond donors (Lipinski definition) is 2. The second-order valence-corrected chi connectivity index (χ2v) is 4.76. The predicted molar refractivity (Wildman–Crippen MR) is 68.5 cm³/mol. The molecule has 0 amide bonds. The van der Waals surface area contributed by atoms with Crippen molar-refractivity contribution in [3.63, 3.8) is 0 Å². The van der Waals surface area contributed by atoms with Crippen molar-refractivity contribution >= 4 is 5.97 Å². The highest BCUT2D eigenvalue weighted by Gasteiger charge is 2.34. The number of carbonyl (C=O) groups is 1. The van der Waals surface area contributed by atoms with Gasteiger partial charge in [0.1, 0.15) is 6.04 Å². The fraction of sp³-hybridized carbons (Fsp3) is 0.500. The molecular weight excluding hydrogens is 230 g/mol. The van der Waals surface area contributed by atoms with Crippen LogP contribution in [-0.4, -0.2) is 30.3 Å². The molecule has 0 fully saturated rings. The number of nitrogens with two attached hydrogens (primary N) is 1. The summed E-state index contributed by atoms with van der Waals surface area (Å²) in [5.41, 5.74) is 8.21. The van der Waals surface area contributed by atoms with Gasteiger partial charge in [0.15, 0.2) is 0 Å². The molecule has 98 valence electrons. The maximum Gasteiger partial charge on any atom is 0.323 e.